The fourth-order valence-corrected chi connectivity index (χ4v) is 3.43. The maximum absolute atomic E-state index is 14.2. The third-order valence-corrected chi connectivity index (χ3v) is 4.53. The smallest absolute Gasteiger partial charge is 0.144 e. The molecular formula is C15H14ClFN2O3. The van der Waals surface area contributed by atoms with Gasteiger partial charge < -0.3 is 19.1 Å². The zero-order chi connectivity index (χ0) is 15.3. The summed E-state index contributed by atoms with van der Waals surface area (Å²) in [5, 5.41) is 10.1. The Morgan fingerprint density at radius 2 is 2.09 bits per heavy atom. The summed E-state index contributed by atoms with van der Waals surface area (Å²) in [5.74, 6) is 0.00475. The molecule has 1 aromatic carbocycles. The van der Waals surface area contributed by atoms with E-state index in [0.717, 1.165) is 0 Å². The quantitative estimate of drug-likeness (QED) is 0.918. The van der Waals surface area contributed by atoms with Crippen molar-refractivity contribution in [3.05, 3.63) is 41.4 Å². The molecule has 2 aromatic rings. The van der Waals surface area contributed by atoms with E-state index in [1.54, 1.807) is 24.5 Å². The van der Waals surface area contributed by atoms with Crippen LogP contribution in [0.5, 0.6) is 0 Å². The Morgan fingerprint density at radius 3 is 2.91 bits per heavy atom. The fourth-order valence-electron chi connectivity index (χ4n) is 3.18. The number of benzene rings is 1. The molecule has 0 aliphatic carbocycles. The van der Waals surface area contributed by atoms with Crippen molar-refractivity contribution in [1.29, 1.82) is 0 Å². The predicted octanol–water partition coefficient (Wildman–Crippen LogP) is 2.04. The lowest BCUT2D eigenvalue weighted by Crippen LogP contribution is -2.30. The monoisotopic (exact) mass is 324 g/mol. The van der Waals surface area contributed by atoms with Crippen LogP contribution < -0.4 is 0 Å². The van der Waals surface area contributed by atoms with Gasteiger partial charge in [-0.1, -0.05) is 17.7 Å². The molecule has 0 amide bonds. The molecule has 2 aliphatic heterocycles. The number of rotatable bonds is 2. The minimum Gasteiger partial charge on any atom is -0.388 e. The van der Waals surface area contributed by atoms with E-state index in [0.29, 0.717) is 17.5 Å². The van der Waals surface area contributed by atoms with E-state index in [1.807, 2.05) is 4.57 Å². The first-order valence-corrected chi connectivity index (χ1v) is 7.43. The van der Waals surface area contributed by atoms with Crippen molar-refractivity contribution >= 4 is 11.6 Å². The van der Waals surface area contributed by atoms with E-state index in [9.17, 15) is 9.50 Å². The summed E-state index contributed by atoms with van der Waals surface area (Å²) < 4.78 is 27.2. The van der Waals surface area contributed by atoms with Crippen molar-refractivity contribution in [2.24, 2.45) is 0 Å². The van der Waals surface area contributed by atoms with Gasteiger partial charge >= 0.3 is 0 Å². The Labute approximate surface area is 131 Å². The van der Waals surface area contributed by atoms with Crippen molar-refractivity contribution < 1.29 is 19.0 Å². The molecule has 22 heavy (non-hydrogen) atoms. The van der Waals surface area contributed by atoms with Crippen LogP contribution in [0.15, 0.2) is 30.6 Å². The fraction of sp³-hybridized carbons (Fsp3) is 0.400. The Hall–Kier alpha value is -1.47. The van der Waals surface area contributed by atoms with Gasteiger partial charge in [-0.05, 0) is 12.1 Å². The maximum atomic E-state index is 14.2. The highest BCUT2D eigenvalue weighted by molar-refractivity contribution is 6.33. The van der Waals surface area contributed by atoms with Crippen LogP contribution in [0.1, 0.15) is 6.04 Å². The van der Waals surface area contributed by atoms with Crippen LogP contribution in [0, 0.1) is 5.82 Å². The molecule has 5 nitrogen and oxygen atoms in total. The van der Waals surface area contributed by atoms with Gasteiger partial charge in [0, 0.05) is 12.4 Å². The van der Waals surface area contributed by atoms with Gasteiger partial charge in [-0.15, -0.1) is 0 Å². The summed E-state index contributed by atoms with van der Waals surface area (Å²) in [7, 11) is 0. The minimum atomic E-state index is -0.626. The Kier molecular flexibility index (Phi) is 3.41. The van der Waals surface area contributed by atoms with Gasteiger partial charge in [0.1, 0.15) is 30.0 Å². The third-order valence-electron chi connectivity index (χ3n) is 4.21. The minimum absolute atomic E-state index is 0.171. The molecule has 2 aliphatic rings. The molecule has 4 rings (SSSR count). The normalized spacial score (nSPS) is 30.7. The standard InChI is InChI=1S/C15H14ClFN2O3/c16-8-2-1-3-9(17)12(8)15-18-4-5-19(15)10-6-21-14-11(20)7-22-13(10)14/h1-5,10-11,13-14,20H,6-7H2/t10-,11-,13-,14-/m1/s1. The van der Waals surface area contributed by atoms with Gasteiger partial charge in [-0.25, -0.2) is 9.37 Å². The van der Waals surface area contributed by atoms with Crippen LogP contribution in [0.2, 0.25) is 5.02 Å². The number of imidazole rings is 1. The first-order valence-electron chi connectivity index (χ1n) is 7.05. The number of aromatic nitrogens is 2. The molecule has 4 atom stereocenters. The zero-order valence-electron chi connectivity index (χ0n) is 11.5. The predicted molar refractivity (Wildman–Crippen MR) is 77.2 cm³/mol. The second kappa shape index (κ2) is 5.31. The lowest BCUT2D eigenvalue weighted by atomic mass is 10.1. The molecule has 0 radical (unpaired) electrons. The van der Waals surface area contributed by atoms with E-state index in [1.165, 1.54) is 6.07 Å². The summed E-state index contributed by atoms with van der Waals surface area (Å²) in [6, 6.07) is 4.36. The molecule has 2 fully saturated rings. The number of ether oxygens (including phenoxy) is 2. The highest BCUT2D eigenvalue weighted by Gasteiger charge is 2.48. The van der Waals surface area contributed by atoms with Gasteiger partial charge in [0.25, 0.3) is 0 Å². The number of aliphatic hydroxyl groups is 1. The number of nitrogens with zero attached hydrogens (tertiary/aromatic N) is 2. The van der Waals surface area contributed by atoms with Crippen molar-refractivity contribution in [2.45, 2.75) is 24.4 Å². The number of hydrogen-bond donors (Lipinski definition) is 1. The maximum Gasteiger partial charge on any atom is 0.144 e. The summed E-state index contributed by atoms with van der Waals surface area (Å²) >= 11 is 6.14. The Morgan fingerprint density at radius 1 is 1.27 bits per heavy atom. The van der Waals surface area contributed by atoms with Crippen LogP contribution in [0.25, 0.3) is 11.4 Å². The van der Waals surface area contributed by atoms with Gasteiger partial charge in [0.15, 0.2) is 0 Å². The average Bonchev–Trinajstić information content (AvgIpc) is 3.17. The van der Waals surface area contributed by atoms with Crippen LogP contribution in [0.3, 0.4) is 0 Å². The molecule has 1 N–H and O–H groups in total. The Balaban J connectivity index is 1.75. The molecule has 116 valence electrons. The van der Waals surface area contributed by atoms with E-state index in [2.05, 4.69) is 4.98 Å². The van der Waals surface area contributed by atoms with Crippen molar-refractivity contribution in [3.63, 3.8) is 0 Å². The third kappa shape index (κ3) is 2.06. The van der Waals surface area contributed by atoms with Gasteiger partial charge in [-0.3, -0.25) is 0 Å². The van der Waals surface area contributed by atoms with E-state index < -0.39 is 11.9 Å². The summed E-state index contributed by atoms with van der Waals surface area (Å²) in [6.45, 7) is 0.623. The van der Waals surface area contributed by atoms with E-state index in [-0.39, 0.29) is 30.4 Å². The Bertz CT molecular complexity index is 688. The zero-order valence-corrected chi connectivity index (χ0v) is 12.3. The largest absolute Gasteiger partial charge is 0.388 e. The molecule has 1 aromatic heterocycles. The molecule has 0 unspecified atom stereocenters. The number of halogens is 2. The van der Waals surface area contributed by atoms with Crippen LogP contribution in [0.4, 0.5) is 4.39 Å². The van der Waals surface area contributed by atoms with Crippen LogP contribution in [-0.4, -0.2) is 46.2 Å². The van der Waals surface area contributed by atoms with Gasteiger partial charge in [-0.2, -0.15) is 0 Å². The molecule has 0 saturated carbocycles. The topological polar surface area (TPSA) is 56.5 Å². The second-order valence-electron chi connectivity index (χ2n) is 5.49. The van der Waals surface area contributed by atoms with Crippen molar-refractivity contribution in [2.75, 3.05) is 13.2 Å². The van der Waals surface area contributed by atoms with E-state index >= 15 is 0 Å². The molecule has 7 heteroatoms. The number of fused-ring (bicyclic) bond motifs is 1. The number of hydrogen-bond acceptors (Lipinski definition) is 4. The SMILES string of the molecule is O[C@@H]1CO[C@H]2[C@@H]1OC[C@H]2n1ccnc1-c1c(F)cccc1Cl. The molecule has 0 spiro atoms. The highest BCUT2D eigenvalue weighted by atomic mass is 35.5. The van der Waals surface area contributed by atoms with E-state index in [4.69, 9.17) is 21.1 Å². The second-order valence-corrected chi connectivity index (χ2v) is 5.89. The lowest BCUT2D eigenvalue weighted by molar-refractivity contribution is 0.0172. The molecule has 2 saturated heterocycles. The van der Waals surface area contributed by atoms with Gasteiger partial charge in [0.05, 0.1) is 29.8 Å². The highest BCUT2D eigenvalue weighted by Crippen LogP contribution is 2.38. The lowest BCUT2D eigenvalue weighted by Gasteiger charge is -2.20. The van der Waals surface area contributed by atoms with Crippen LogP contribution >= 0.6 is 11.6 Å². The first-order chi connectivity index (χ1) is 10.7. The average molecular weight is 325 g/mol. The molecule has 0 bridgehead atoms. The van der Waals surface area contributed by atoms with Gasteiger partial charge in [0.2, 0.25) is 0 Å². The van der Waals surface area contributed by atoms with Crippen molar-refractivity contribution in [1.82, 2.24) is 9.55 Å². The molecular weight excluding hydrogens is 311 g/mol. The van der Waals surface area contributed by atoms with Crippen molar-refractivity contribution in [3.8, 4) is 11.4 Å². The summed E-state index contributed by atoms with van der Waals surface area (Å²) in [4.78, 5) is 4.25. The molecule has 3 heterocycles. The first kappa shape index (κ1) is 14.1. The number of aliphatic hydroxyl groups excluding tert-OH is 1. The summed E-state index contributed by atoms with van der Waals surface area (Å²) in [6.07, 6.45) is 2.10. The summed E-state index contributed by atoms with van der Waals surface area (Å²) in [5.41, 5.74) is 0.260. The van der Waals surface area contributed by atoms with Crippen LogP contribution in [-0.2, 0) is 9.47 Å².